The second-order valence-corrected chi connectivity index (χ2v) is 8.19. The van der Waals surface area contributed by atoms with Gasteiger partial charge in [0, 0.05) is 48.3 Å². The first-order valence-electron chi connectivity index (χ1n) is 10.2. The molecule has 0 bridgehead atoms. The Kier molecular flexibility index (Phi) is 5.27. The first-order chi connectivity index (χ1) is 13.9. The highest BCUT2D eigenvalue weighted by atomic mass is 16.2. The molecule has 0 radical (unpaired) electrons. The molecule has 3 atom stereocenters. The van der Waals surface area contributed by atoms with Crippen LogP contribution in [0.25, 0.3) is 10.9 Å². The highest BCUT2D eigenvalue weighted by Gasteiger charge is 2.29. The van der Waals surface area contributed by atoms with Crippen LogP contribution in [0.3, 0.4) is 0 Å². The second-order valence-electron chi connectivity index (χ2n) is 8.19. The third kappa shape index (κ3) is 3.98. The average Bonchev–Trinajstić information content (AvgIpc) is 3.34. The Bertz CT molecular complexity index is 982. The zero-order valence-electron chi connectivity index (χ0n) is 17.4. The van der Waals surface area contributed by atoms with Crippen molar-refractivity contribution in [2.75, 3.05) is 25.0 Å². The molecule has 154 valence electrons. The number of nitrogens with one attached hydrogen (secondary N) is 3. The van der Waals surface area contributed by atoms with Crippen LogP contribution in [0.4, 0.5) is 5.95 Å². The third-order valence-corrected chi connectivity index (χ3v) is 5.91. The van der Waals surface area contributed by atoms with Crippen molar-refractivity contribution in [1.82, 2.24) is 30.4 Å². The maximum Gasteiger partial charge on any atom is 0.288 e. The maximum absolute atomic E-state index is 12.6. The second kappa shape index (κ2) is 7.87. The summed E-state index contributed by atoms with van der Waals surface area (Å²) in [5.74, 6) is 0.613. The lowest BCUT2D eigenvalue weighted by Crippen LogP contribution is -2.55. The lowest BCUT2D eigenvalue weighted by atomic mass is 10.1. The van der Waals surface area contributed by atoms with Crippen LogP contribution in [0.5, 0.6) is 0 Å². The predicted octanol–water partition coefficient (Wildman–Crippen LogP) is 2.18. The van der Waals surface area contributed by atoms with Gasteiger partial charge in [0.2, 0.25) is 11.8 Å². The molecule has 8 nitrogen and oxygen atoms in total. The van der Waals surface area contributed by atoms with Crippen LogP contribution in [0.1, 0.15) is 37.0 Å². The molecular weight excluding hydrogens is 366 g/mol. The molecule has 1 amide bonds. The summed E-state index contributed by atoms with van der Waals surface area (Å²) in [7, 11) is 2.14. The van der Waals surface area contributed by atoms with Gasteiger partial charge in [0.1, 0.15) is 0 Å². The number of piperazine rings is 1. The van der Waals surface area contributed by atoms with Gasteiger partial charge >= 0.3 is 0 Å². The van der Waals surface area contributed by atoms with Crippen LogP contribution in [0.15, 0.2) is 30.5 Å². The lowest BCUT2D eigenvalue weighted by Gasteiger charge is -2.41. The van der Waals surface area contributed by atoms with Gasteiger partial charge in [0.15, 0.2) is 0 Å². The molecule has 4 rings (SSSR count). The average molecular weight is 396 g/mol. The van der Waals surface area contributed by atoms with E-state index in [1.807, 2.05) is 25.3 Å². The van der Waals surface area contributed by atoms with Crippen molar-refractivity contribution in [3.8, 4) is 0 Å². The fraction of sp³-hybridized carbons (Fsp3) is 0.476. The number of benzene rings is 1. The Hall–Kier alpha value is -2.87. The molecule has 3 heterocycles. The van der Waals surface area contributed by atoms with Gasteiger partial charge in [-0.2, -0.15) is 4.98 Å². The van der Waals surface area contributed by atoms with Crippen LogP contribution in [-0.4, -0.2) is 69.2 Å². The summed E-state index contributed by atoms with van der Waals surface area (Å²) < 4.78 is 0. The van der Waals surface area contributed by atoms with E-state index in [1.54, 1.807) is 0 Å². The molecule has 0 spiro atoms. The van der Waals surface area contributed by atoms with Crippen molar-refractivity contribution in [2.24, 2.45) is 0 Å². The number of fused-ring (bicyclic) bond motifs is 1. The molecule has 3 aromatic rings. The van der Waals surface area contributed by atoms with E-state index in [9.17, 15) is 4.79 Å². The molecule has 1 aliphatic rings. The Labute approximate surface area is 170 Å². The monoisotopic (exact) mass is 395 g/mol. The van der Waals surface area contributed by atoms with E-state index in [4.69, 9.17) is 0 Å². The van der Waals surface area contributed by atoms with Crippen molar-refractivity contribution >= 4 is 22.8 Å². The Morgan fingerprint density at radius 1 is 1.28 bits per heavy atom. The summed E-state index contributed by atoms with van der Waals surface area (Å²) in [5.41, 5.74) is 2.30. The summed E-state index contributed by atoms with van der Waals surface area (Å²) in [5, 5.41) is 11.3. The van der Waals surface area contributed by atoms with E-state index in [1.165, 1.54) is 10.9 Å². The number of hydrogen-bond donors (Lipinski definition) is 3. The number of aromatic amines is 2. The highest BCUT2D eigenvalue weighted by molar-refractivity contribution is 5.91. The van der Waals surface area contributed by atoms with Crippen molar-refractivity contribution in [3.63, 3.8) is 0 Å². The zero-order valence-corrected chi connectivity index (χ0v) is 17.4. The van der Waals surface area contributed by atoms with E-state index >= 15 is 0 Å². The number of H-pyrrole nitrogens is 2. The standard InChI is InChI=1S/C21H29N7O/c1-13(9-16-10-22-18-8-6-5-7-17(16)18)23-20(29)19-24-21(26-25-19)28-11-14(2)27(4)15(3)12-28/h5-8,10,13-15,22H,9,11-12H2,1-4H3,(H,23,29)(H,24,25,26)/t13?,14-,15+. The number of carbonyl (C=O) groups is 1. The minimum absolute atomic E-state index is 0.0288. The Balaban J connectivity index is 1.39. The molecule has 0 saturated carbocycles. The summed E-state index contributed by atoms with van der Waals surface area (Å²) in [4.78, 5) is 24.9. The van der Waals surface area contributed by atoms with Crippen molar-refractivity contribution in [3.05, 3.63) is 41.9 Å². The molecule has 1 aromatic carbocycles. The van der Waals surface area contributed by atoms with E-state index in [0.717, 1.165) is 25.0 Å². The number of hydrogen-bond acceptors (Lipinski definition) is 5. The molecule has 1 aliphatic heterocycles. The largest absolute Gasteiger partial charge is 0.361 e. The number of anilines is 1. The van der Waals surface area contributed by atoms with Crippen molar-refractivity contribution in [2.45, 2.75) is 45.3 Å². The molecule has 3 N–H and O–H groups in total. The van der Waals surface area contributed by atoms with E-state index in [-0.39, 0.29) is 17.8 Å². The minimum Gasteiger partial charge on any atom is -0.361 e. The summed E-state index contributed by atoms with van der Waals surface area (Å²) in [6, 6.07) is 8.97. The lowest BCUT2D eigenvalue weighted by molar-refractivity contribution is 0.0930. The molecule has 1 fully saturated rings. The molecule has 1 saturated heterocycles. The summed E-state index contributed by atoms with van der Waals surface area (Å²) >= 11 is 0. The molecule has 0 aliphatic carbocycles. The fourth-order valence-electron chi connectivity index (χ4n) is 4.04. The van der Waals surface area contributed by atoms with Gasteiger partial charge in [-0.3, -0.25) is 14.8 Å². The highest BCUT2D eigenvalue weighted by Crippen LogP contribution is 2.20. The van der Waals surface area contributed by atoms with Gasteiger partial charge in [-0.15, -0.1) is 5.10 Å². The smallest absolute Gasteiger partial charge is 0.288 e. The normalized spacial score (nSPS) is 21.4. The molecule has 2 aromatic heterocycles. The molecule has 29 heavy (non-hydrogen) atoms. The number of nitrogens with zero attached hydrogens (tertiary/aromatic N) is 4. The van der Waals surface area contributed by atoms with Crippen LogP contribution in [0, 0.1) is 0 Å². The van der Waals surface area contributed by atoms with Gasteiger partial charge < -0.3 is 15.2 Å². The van der Waals surface area contributed by atoms with Crippen LogP contribution in [0.2, 0.25) is 0 Å². The first-order valence-corrected chi connectivity index (χ1v) is 10.2. The zero-order chi connectivity index (χ0) is 20.5. The molecule has 1 unspecified atom stereocenters. The van der Waals surface area contributed by atoms with Crippen LogP contribution in [-0.2, 0) is 6.42 Å². The number of likely N-dealkylation sites (N-methyl/N-ethyl adjacent to an activating group) is 1. The number of aromatic nitrogens is 4. The molecular formula is C21H29N7O. The van der Waals surface area contributed by atoms with E-state index < -0.39 is 0 Å². The quantitative estimate of drug-likeness (QED) is 0.616. The van der Waals surface area contributed by atoms with Gasteiger partial charge in [-0.1, -0.05) is 18.2 Å². The van der Waals surface area contributed by atoms with Crippen LogP contribution < -0.4 is 10.2 Å². The summed E-state index contributed by atoms with van der Waals surface area (Å²) in [6.45, 7) is 8.07. The van der Waals surface area contributed by atoms with Gasteiger partial charge in [-0.05, 0) is 45.9 Å². The van der Waals surface area contributed by atoms with Crippen molar-refractivity contribution in [1.29, 1.82) is 0 Å². The number of amides is 1. The van der Waals surface area contributed by atoms with Crippen LogP contribution >= 0.6 is 0 Å². The number of carbonyl (C=O) groups excluding carboxylic acids is 1. The van der Waals surface area contributed by atoms with E-state index in [0.29, 0.717) is 18.0 Å². The Morgan fingerprint density at radius 3 is 2.76 bits per heavy atom. The summed E-state index contributed by atoms with van der Waals surface area (Å²) in [6.07, 6.45) is 2.75. The Morgan fingerprint density at radius 2 is 2.00 bits per heavy atom. The topological polar surface area (TPSA) is 92.9 Å². The number of para-hydroxylation sites is 1. The van der Waals surface area contributed by atoms with Gasteiger partial charge in [0.25, 0.3) is 5.91 Å². The SMILES string of the molecule is CC(Cc1c[nH]c2ccccc12)NC(=O)c1nc(N2C[C@@H](C)N(C)[C@@H](C)C2)n[nH]1. The van der Waals surface area contributed by atoms with Crippen molar-refractivity contribution < 1.29 is 4.79 Å². The van der Waals surface area contributed by atoms with E-state index in [2.05, 4.69) is 68.3 Å². The van der Waals surface area contributed by atoms with Gasteiger partial charge in [-0.25, -0.2) is 0 Å². The maximum atomic E-state index is 12.6. The molecule has 8 heteroatoms. The fourth-order valence-corrected chi connectivity index (χ4v) is 4.04. The third-order valence-electron chi connectivity index (χ3n) is 5.91. The predicted molar refractivity (Wildman–Crippen MR) is 114 cm³/mol. The van der Waals surface area contributed by atoms with Gasteiger partial charge in [0.05, 0.1) is 0 Å². The number of rotatable bonds is 5. The minimum atomic E-state index is -0.230. The first kappa shape index (κ1) is 19.4.